The average molecular weight is 195 g/mol. The Morgan fingerprint density at radius 1 is 1.00 bits per heavy atom. The second kappa shape index (κ2) is 5.13. The van der Waals surface area contributed by atoms with Crippen LogP contribution in [0.1, 0.15) is 32.1 Å². The van der Waals surface area contributed by atoms with Gasteiger partial charge >= 0.3 is 0 Å². The van der Waals surface area contributed by atoms with E-state index in [2.05, 4.69) is 16.7 Å². The van der Waals surface area contributed by atoms with Gasteiger partial charge < -0.3 is 4.90 Å². The first-order valence-electron chi connectivity index (χ1n) is 6.16. The highest BCUT2D eigenvalue weighted by molar-refractivity contribution is 4.81. The van der Waals surface area contributed by atoms with Gasteiger partial charge in [-0.1, -0.05) is 19.8 Å². The summed E-state index contributed by atoms with van der Waals surface area (Å²) in [5.41, 5.74) is 0. The third-order valence-electron chi connectivity index (χ3n) is 3.72. The zero-order valence-corrected chi connectivity index (χ0v) is 9.25. The summed E-state index contributed by atoms with van der Waals surface area (Å²) in [6.45, 7) is 10.2. The molecule has 1 heterocycles. The second-order valence-electron chi connectivity index (χ2n) is 4.67. The molecule has 81 valence electrons. The maximum atomic E-state index is 3.92. The molecule has 2 rings (SSSR count). The molecule has 0 spiro atoms. The highest BCUT2D eigenvalue weighted by atomic mass is 15.3. The van der Waals surface area contributed by atoms with Gasteiger partial charge in [0.25, 0.3) is 0 Å². The summed E-state index contributed by atoms with van der Waals surface area (Å²) in [6.07, 6.45) is 6.89. The zero-order valence-electron chi connectivity index (χ0n) is 9.25. The second-order valence-corrected chi connectivity index (χ2v) is 4.67. The number of piperazine rings is 1. The fraction of sp³-hybridized carbons (Fsp3) is 0.917. The molecule has 0 amide bonds. The van der Waals surface area contributed by atoms with Gasteiger partial charge in [0.15, 0.2) is 0 Å². The molecule has 0 aromatic carbocycles. The van der Waals surface area contributed by atoms with Gasteiger partial charge in [0.1, 0.15) is 0 Å². The van der Waals surface area contributed by atoms with Gasteiger partial charge in [-0.2, -0.15) is 0 Å². The van der Waals surface area contributed by atoms with E-state index in [9.17, 15) is 0 Å². The number of hydrogen-bond acceptors (Lipinski definition) is 2. The summed E-state index contributed by atoms with van der Waals surface area (Å²) in [7, 11) is 0. The lowest BCUT2D eigenvalue weighted by atomic mass is 10.2. The summed E-state index contributed by atoms with van der Waals surface area (Å²) < 4.78 is 0. The Kier molecular flexibility index (Phi) is 3.82. The quantitative estimate of drug-likeness (QED) is 0.677. The average Bonchev–Trinajstić information content (AvgIpc) is 2.72. The minimum atomic E-state index is 0.928. The molecule has 0 aromatic heterocycles. The smallest absolute Gasteiger partial charge is 0.0113 e. The van der Waals surface area contributed by atoms with Crippen LogP contribution in [0.4, 0.5) is 0 Å². The molecule has 0 N–H and O–H groups in total. The van der Waals surface area contributed by atoms with Gasteiger partial charge in [-0.05, 0) is 25.8 Å². The van der Waals surface area contributed by atoms with Crippen LogP contribution < -0.4 is 0 Å². The molecule has 2 heteroatoms. The van der Waals surface area contributed by atoms with Crippen molar-refractivity contribution in [3.63, 3.8) is 0 Å². The Morgan fingerprint density at radius 2 is 1.64 bits per heavy atom. The molecule has 0 unspecified atom stereocenters. The van der Waals surface area contributed by atoms with Crippen molar-refractivity contribution >= 4 is 0 Å². The van der Waals surface area contributed by atoms with Crippen LogP contribution in [0.25, 0.3) is 0 Å². The molecule has 2 nitrogen and oxygen atoms in total. The van der Waals surface area contributed by atoms with Crippen LogP contribution in [-0.4, -0.2) is 48.6 Å². The minimum Gasteiger partial charge on any atom is -0.301 e. The largest absolute Gasteiger partial charge is 0.301 e. The summed E-state index contributed by atoms with van der Waals surface area (Å²) in [5, 5.41) is 0. The van der Waals surface area contributed by atoms with Gasteiger partial charge in [0.2, 0.25) is 0 Å². The molecule has 1 radical (unpaired) electrons. The normalized spacial score (nSPS) is 27.2. The predicted octanol–water partition coefficient (Wildman–Crippen LogP) is 1.77. The first-order chi connectivity index (χ1) is 6.90. The van der Waals surface area contributed by atoms with E-state index in [-0.39, 0.29) is 0 Å². The van der Waals surface area contributed by atoms with Gasteiger partial charge in [-0.15, -0.1) is 0 Å². The molecule has 1 aliphatic heterocycles. The van der Waals surface area contributed by atoms with E-state index in [0.29, 0.717) is 0 Å². The lowest BCUT2D eigenvalue weighted by Gasteiger charge is -2.37. The van der Waals surface area contributed by atoms with Crippen molar-refractivity contribution in [1.29, 1.82) is 0 Å². The van der Waals surface area contributed by atoms with E-state index in [0.717, 1.165) is 12.5 Å². The van der Waals surface area contributed by atoms with Crippen molar-refractivity contribution in [3.05, 3.63) is 6.92 Å². The lowest BCUT2D eigenvalue weighted by Crippen LogP contribution is -2.49. The van der Waals surface area contributed by atoms with Gasteiger partial charge in [-0.3, -0.25) is 4.90 Å². The van der Waals surface area contributed by atoms with Crippen LogP contribution in [-0.2, 0) is 0 Å². The first kappa shape index (κ1) is 10.4. The number of hydrogen-bond donors (Lipinski definition) is 0. The number of rotatable bonds is 3. The van der Waals surface area contributed by atoms with Crippen molar-refractivity contribution in [3.8, 4) is 0 Å². The fourth-order valence-corrected chi connectivity index (χ4v) is 2.85. The van der Waals surface area contributed by atoms with Crippen LogP contribution in [0.15, 0.2) is 0 Å². The molecule has 0 aromatic rings. The van der Waals surface area contributed by atoms with E-state index in [4.69, 9.17) is 0 Å². The van der Waals surface area contributed by atoms with Crippen LogP contribution in [0.2, 0.25) is 0 Å². The van der Waals surface area contributed by atoms with Gasteiger partial charge in [0, 0.05) is 32.2 Å². The SMILES string of the molecule is [CH2]CCN1CCN(C2CCCC2)CC1. The monoisotopic (exact) mass is 195 g/mol. The van der Waals surface area contributed by atoms with Crippen LogP contribution >= 0.6 is 0 Å². The first-order valence-corrected chi connectivity index (χ1v) is 6.16. The highest BCUT2D eigenvalue weighted by Gasteiger charge is 2.25. The van der Waals surface area contributed by atoms with Crippen molar-refractivity contribution in [2.75, 3.05) is 32.7 Å². The van der Waals surface area contributed by atoms with Crippen LogP contribution in [0, 0.1) is 6.92 Å². The fourth-order valence-electron chi connectivity index (χ4n) is 2.85. The predicted molar refractivity (Wildman–Crippen MR) is 60.2 cm³/mol. The summed E-state index contributed by atoms with van der Waals surface area (Å²) in [4.78, 5) is 5.27. The molecule has 1 saturated heterocycles. The summed E-state index contributed by atoms with van der Waals surface area (Å²) >= 11 is 0. The Labute approximate surface area is 88.3 Å². The zero-order chi connectivity index (χ0) is 9.80. The molecule has 14 heavy (non-hydrogen) atoms. The van der Waals surface area contributed by atoms with Crippen molar-refractivity contribution < 1.29 is 0 Å². The molecule has 0 bridgehead atoms. The van der Waals surface area contributed by atoms with Gasteiger partial charge in [0.05, 0.1) is 0 Å². The Balaban J connectivity index is 1.72. The van der Waals surface area contributed by atoms with Gasteiger partial charge in [-0.25, -0.2) is 0 Å². The van der Waals surface area contributed by atoms with E-state index in [1.807, 2.05) is 0 Å². The topological polar surface area (TPSA) is 6.48 Å². The van der Waals surface area contributed by atoms with Crippen LogP contribution in [0.5, 0.6) is 0 Å². The van der Waals surface area contributed by atoms with E-state index >= 15 is 0 Å². The van der Waals surface area contributed by atoms with E-state index in [1.165, 1.54) is 58.4 Å². The highest BCUT2D eigenvalue weighted by Crippen LogP contribution is 2.24. The van der Waals surface area contributed by atoms with Crippen LogP contribution in [0.3, 0.4) is 0 Å². The number of nitrogens with zero attached hydrogens (tertiary/aromatic N) is 2. The third-order valence-corrected chi connectivity index (χ3v) is 3.72. The standard InChI is InChI=1S/C12H23N2/c1-2-7-13-8-10-14(11-9-13)12-5-3-4-6-12/h12H,1-11H2. The van der Waals surface area contributed by atoms with E-state index in [1.54, 1.807) is 0 Å². The maximum absolute atomic E-state index is 3.92. The molecule has 1 saturated carbocycles. The third kappa shape index (κ3) is 2.48. The van der Waals surface area contributed by atoms with Crippen molar-refractivity contribution in [2.24, 2.45) is 0 Å². The van der Waals surface area contributed by atoms with Crippen molar-refractivity contribution in [1.82, 2.24) is 9.80 Å². The van der Waals surface area contributed by atoms with Crippen molar-refractivity contribution in [2.45, 2.75) is 38.1 Å². The maximum Gasteiger partial charge on any atom is 0.0113 e. The van der Waals surface area contributed by atoms with E-state index < -0.39 is 0 Å². The summed E-state index contributed by atoms with van der Waals surface area (Å²) in [5.74, 6) is 0. The summed E-state index contributed by atoms with van der Waals surface area (Å²) in [6, 6.07) is 0.928. The Bertz CT molecular complexity index is 156. The molecule has 2 aliphatic rings. The molecule has 1 aliphatic carbocycles. The Hall–Kier alpha value is -0.0800. The minimum absolute atomic E-state index is 0.928. The molecule has 2 fully saturated rings. The molecular weight excluding hydrogens is 172 g/mol. The Morgan fingerprint density at radius 3 is 2.21 bits per heavy atom. The molecule has 0 atom stereocenters. The lowest BCUT2D eigenvalue weighted by molar-refractivity contribution is 0.0990. The molecular formula is C12H23N2.